The van der Waals surface area contributed by atoms with Gasteiger partial charge in [0.25, 0.3) is 0 Å². The molecule has 3 rings (SSSR count). The third-order valence-corrected chi connectivity index (χ3v) is 9.01. The summed E-state index contributed by atoms with van der Waals surface area (Å²) in [6, 6.07) is 0. The van der Waals surface area contributed by atoms with Gasteiger partial charge in [-0.15, -0.1) is 0 Å². The minimum absolute atomic E-state index is 0.0239. The first-order valence-electron chi connectivity index (χ1n) is 15.3. The molecule has 3 aliphatic rings. The van der Waals surface area contributed by atoms with Crippen molar-refractivity contribution in [3.63, 3.8) is 0 Å². The molecule has 2 N–H and O–H groups in total. The first kappa shape index (κ1) is 35.2. The summed E-state index contributed by atoms with van der Waals surface area (Å²) in [6.07, 6.45) is -1.96. The Morgan fingerprint density at radius 2 is 1.61 bits per heavy atom. The van der Waals surface area contributed by atoms with Gasteiger partial charge in [0, 0.05) is 31.8 Å². The molecule has 2 fully saturated rings. The van der Waals surface area contributed by atoms with Crippen LogP contribution in [0.5, 0.6) is 0 Å². The molecule has 246 valence electrons. The molecular formula is C32H46O12. The summed E-state index contributed by atoms with van der Waals surface area (Å²) in [5.74, 6) is -5.05. The van der Waals surface area contributed by atoms with Crippen LogP contribution in [0.25, 0.3) is 0 Å². The number of ether oxygens (including phenoxy) is 5. The molecule has 8 atom stereocenters. The average Bonchev–Trinajstić information content (AvgIpc) is 3.26. The van der Waals surface area contributed by atoms with E-state index in [-0.39, 0.29) is 29.6 Å². The second-order valence-electron chi connectivity index (χ2n) is 12.3. The second kappa shape index (κ2) is 13.4. The molecule has 1 saturated heterocycles. The van der Waals surface area contributed by atoms with E-state index in [4.69, 9.17) is 23.7 Å². The van der Waals surface area contributed by atoms with E-state index in [1.54, 1.807) is 33.8 Å². The van der Waals surface area contributed by atoms with Gasteiger partial charge in [0.1, 0.15) is 11.7 Å². The van der Waals surface area contributed by atoms with Crippen molar-refractivity contribution in [1.29, 1.82) is 0 Å². The van der Waals surface area contributed by atoms with Gasteiger partial charge in [-0.2, -0.15) is 0 Å². The highest BCUT2D eigenvalue weighted by atomic mass is 16.6. The number of carbonyl (C=O) groups excluding carboxylic acids is 5. The van der Waals surface area contributed by atoms with E-state index in [0.29, 0.717) is 12.8 Å². The lowest BCUT2D eigenvalue weighted by molar-refractivity contribution is -0.212. The van der Waals surface area contributed by atoms with Gasteiger partial charge in [-0.25, -0.2) is 9.59 Å². The van der Waals surface area contributed by atoms with Gasteiger partial charge >= 0.3 is 29.8 Å². The van der Waals surface area contributed by atoms with Crippen LogP contribution in [-0.4, -0.2) is 81.3 Å². The summed E-state index contributed by atoms with van der Waals surface area (Å²) in [6.45, 7) is 12.3. The Bertz CT molecular complexity index is 1230. The molecule has 0 amide bonds. The summed E-state index contributed by atoms with van der Waals surface area (Å²) in [4.78, 5) is 64.7. The van der Waals surface area contributed by atoms with Gasteiger partial charge in [-0.1, -0.05) is 32.8 Å². The van der Waals surface area contributed by atoms with Crippen molar-refractivity contribution in [2.24, 2.45) is 5.92 Å². The van der Waals surface area contributed by atoms with Crippen molar-refractivity contribution in [1.82, 2.24) is 0 Å². The van der Waals surface area contributed by atoms with Crippen LogP contribution in [-0.2, 0) is 47.7 Å². The Hall–Kier alpha value is -3.25. The predicted octanol–water partition coefficient (Wildman–Crippen LogP) is 3.15. The van der Waals surface area contributed by atoms with Crippen LogP contribution < -0.4 is 0 Å². The fraction of sp³-hybridized carbons (Fsp3) is 0.719. The van der Waals surface area contributed by atoms with Gasteiger partial charge < -0.3 is 33.9 Å². The van der Waals surface area contributed by atoms with E-state index in [1.807, 2.05) is 6.92 Å². The van der Waals surface area contributed by atoms with Crippen LogP contribution in [0.1, 0.15) is 100 Å². The topological polar surface area (TPSA) is 172 Å². The van der Waals surface area contributed by atoms with E-state index in [0.717, 1.165) is 19.8 Å². The van der Waals surface area contributed by atoms with Gasteiger partial charge in [0.15, 0.2) is 29.5 Å². The van der Waals surface area contributed by atoms with Crippen molar-refractivity contribution in [2.75, 3.05) is 0 Å². The standard InChI is InChI=1S/C32H46O12/c1-9-12-13-15-22(35)41-26-24-23(18(5)25(26)42-28(36)17(4)11-3)27-32(39,31(8,38)29(37)43-27)20(40-21(34)14-10-2)16-30(24,7)44-19(6)33/h11,20,24-27,38-39H,9-10,12-16H2,1-8H3/b17-11+/t20-,24+,25+,26-,27-,30+,31+,32-/m0/s1. The number of aliphatic hydroxyl groups is 2. The zero-order valence-corrected chi connectivity index (χ0v) is 26.9. The van der Waals surface area contributed by atoms with Crippen molar-refractivity contribution in [3.8, 4) is 0 Å². The van der Waals surface area contributed by atoms with Gasteiger partial charge in [0.05, 0.1) is 5.92 Å². The molecule has 0 unspecified atom stereocenters. The highest BCUT2D eigenvalue weighted by Crippen LogP contribution is 2.57. The first-order chi connectivity index (χ1) is 20.5. The lowest BCUT2D eigenvalue weighted by atomic mass is 9.75. The molecule has 0 aromatic rings. The van der Waals surface area contributed by atoms with Crippen molar-refractivity contribution < 1.29 is 57.9 Å². The maximum Gasteiger partial charge on any atom is 0.341 e. The molecule has 0 spiro atoms. The van der Waals surface area contributed by atoms with Crippen LogP contribution in [0.2, 0.25) is 0 Å². The molecule has 2 aliphatic carbocycles. The summed E-state index contributed by atoms with van der Waals surface area (Å²) < 4.78 is 29.1. The fourth-order valence-corrected chi connectivity index (χ4v) is 6.55. The molecule has 12 nitrogen and oxygen atoms in total. The fourth-order valence-electron chi connectivity index (χ4n) is 6.55. The third kappa shape index (κ3) is 6.28. The van der Waals surface area contributed by atoms with Gasteiger partial charge in [-0.3, -0.25) is 14.4 Å². The minimum Gasteiger partial charge on any atom is -0.459 e. The Morgan fingerprint density at radius 1 is 0.977 bits per heavy atom. The molecule has 1 heterocycles. The summed E-state index contributed by atoms with van der Waals surface area (Å²) in [5, 5.41) is 23.8. The van der Waals surface area contributed by atoms with E-state index in [9.17, 15) is 34.2 Å². The Kier molecular flexibility index (Phi) is 10.7. The van der Waals surface area contributed by atoms with Crippen LogP contribution in [0.4, 0.5) is 0 Å². The average molecular weight is 623 g/mol. The zero-order valence-electron chi connectivity index (χ0n) is 26.9. The normalized spacial score (nSPS) is 34.8. The number of rotatable bonds is 11. The molecule has 12 heteroatoms. The Balaban J connectivity index is 2.29. The van der Waals surface area contributed by atoms with Crippen LogP contribution in [0.15, 0.2) is 22.8 Å². The van der Waals surface area contributed by atoms with Crippen molar-refractivity contribution >= 4 is 29.8 Å². The highest BCUT2D eigenvalue weighted by molar-refractivity contribution is 5.88. The number of hydrogen-bond donors (Lipinski definition) is 2. The van der Waals surface area contributed by atoms with E-state index in [1.165, 1.54) is 13.8 Å². The molecule has 44 heavy (non-hydrogen) atoms. The van der Waals surface area contributed by atoms with Crippen LogP contribution in [0.3, 0.4) is 0 Å². The second-order valence-corrected chi connectivity index (χ2v) is 12.3. The number of fused-ring (bicyclic) bond motifs is 3. The number of allylic oxidation sites excluding steroid dienone is 1. The lowest BCUT2D eigenvalue weighted by Gasteiger charge is -2.41. The molecule has 0 radical (unpaired) electrons. The molecule has 1 aliphatic heterocycles. The van der Waals surface area contributed by atoms with Gasteiger partial charge in [-0.05, 0) is 58.6 Å². The van der Waals surface area contributed by atoms with Gasteiger partial charge in [0.2, 0.25) is 0 Å². The number of unbranched alkanes of at least 4 members (excludes halogenated alkanes) is 2. The zero-order chi connectivity index (χ0) is 33.2. The maximum absolute atomic E-state index is 13.2. The number of hydrogen-bond acceptors (Lipinski definition) is 12. The third-order valence-electron chi connectivity index (χ3n) is 9.01. The minimum atomic E-state index is -2.57. The predicted molar refractivity (Wildman–Crippen MR) is 155 cm³/mol. The lowest BCUT2D eigenvalue weighted by Crippen LogP contribution is -2.64. The molecule has 0 aromatic heterocycles. The number of carbonyl (C=O) groups is 5. The maximum atomic E-state index is 13.2. The Labute approximate surface area is 258 Å². The molecular weight excluding hydrogens is 576 g/mol. The van der Waals surface area contributed by atoms with Crippen molar-refractivity contribution in [3.05, 3.63) is 22.8 Å². The SMILES string of the molecule is C/C=C(\C)C(=O)O[C@@H]1C(C)=C2[C@H]([C@@H]1OC(=O)CCCCC)[C@](C)(OC(C)=O)C[C@H](OC(=O)CCC)[C@]1(O)[C@H]2OC(=O)[C@@]1(C)O. The van der Waals surface area contributed by atoms with Crippen molar-refractivity contribution in [2.45, 2.75) is 142 Å². The van der Waals surface area contributed by atoms with Crippen LogP contribution >= 0.6 is 0 Å². The quantitative estimate of drug-likeness (QED) is 0.114. The summed E-state index contributed by atoms with van der Waals surface area (Å²) in [7, 11) is 0. The largest absolute Gasteiger partial charge is 0.459 e. The summed E-state index contributed by atoms with van der Waals surface area (Å²) >= 11 is 0. The highest BCUT2D eigenvalue weighted by Gasteiger charge is 2.76. The Morgan fingerprint density at radius 3 is 2.18 bits per heavy atom. The van der Waals surface area contributed by atoms with Crippen LogP contribution in [0, 0.1) is 5.92 Å². The number of esters is 5. The first-order valence-corrected chi connectivity index (χ1v) is 15.3. The van der Waals surface area contributed by atoms with E-state index in [2.05, 4.69) is 0 Å². The molecule has 0 bridgehead atoms. The smallest absolute Gasteiger partial charge is 0.341 e. The molecule has 0 aromatic carbocycles. The monoisotopic (exact) mass is 622 g/mol. The van der Waals surface area contributed by atoms with E-state index >= 15 is 0 Å². The summed E-state index contributed by atoms with van der Waals surface area (Å²) in [5.41, 5.74) is -6.12. The van der Waals surface area contributed by atoms with E-state index < -0.39 is 83.4 Å². The molecule has 1 saturated carbocycles.